The van der Waals surface area contributed by atoms with Gasteiger partial charge in [0.2, 0.25) is 0 Å². The van der Waals surface area contributed by atoms with E-state index in [0.717, 1.165) is 23.6 Å². The first-order valence-corrected chi connectivity index (χ1v) is 8.70. The molecule has 0 aliphatic carbocycles. The molecule has 0 aliphatic rings. The lowest BCUT2D eigenvalue weighted by Gasteiger charge is -2.21. The summed E-state index contributed by atoms with van der Waals surface area (Å²) in [5, 5.41) is 4.55. The molecule has 2 aromatic rings. The van der Waals surface area contributed by atoms with Gasteiger partial charge in [0.15, 0.2) is 0 Å². The minimum absolute atomic E-state index is 0.262. The van der Waals surface area contributed by atoms with E-state index in [1.807, 2.05) is 11.3 Å². The highest BCUT2D eigenvalue weighted by atomic mass is 35.5. The molecule has 0 spiro atoms. The number of hydrogen-bond donors (Lipinski definition) is 1. The lowest BCUT2D eigenvalue weighted by Crippen LogP contribution is -2.23. The van der Waals surface area contributed by atoms with Crippen molar-refractivity contribution in [2.45, 2.75) is 47.1 Å². The summed E-state index contributed by atoms with van der Waals surface area (Å²) in [6, 6.07) is 6.89. The molecule has 0 radical (unpaired) electrons. The fourth-order valence-electron chi connectivity index (χ4n) is 2.51. The number of thiophene rings is 1. The largest absolute Gasteiger partial charge is 0.306 e. The van der Waals surface area contributed by atoms with Crippen LogP contribution in [0, 0.1) is 27.7 Å². The molecule has 0 saturated heterocycles. The Balaban J connectivity index is 2.47. The summed E-state index contributed by atoms with van der Waals surface area (Å²) in [6.45, 7) is 11.8. The number of rotatable bonds is 5. The van der Waals surface area contributed by atoms with Gasteiger partial charge in [-0.15, -0.1) is 11.3 Å². The van der Waals surface area contributed by atoms with Gasteiger partial charge in [0.1, 0.15) is 0 Å². The Morgan fingerprint density at radius 3 is 2.33 bits per heavy atom. The molecule has 1 nitrogen and oxygen atoms in total. The van der Waals surface area contributed by atoms with E-state index in [9.17, 15) is 0 Å². The highest BCUT2D eigenvalue weighted by Gasteiger charge is 2.19. The van der Waals surface area contributed by atoms with E-state index in [2.05, 4.69) is 58.1 Å². The first kappa shape index (κ1) is 16.5. The molecule has 1 unspecified atom stereocenters. The molecule has 114 valence electrons. The molecule has 1 aromatic heterocycles. The minimum atomic E-state index is 0.262. The van der Waals surface area contributed by atoms with Gasteiger partial charge in [-0.3, -0.25) is 0 Å². The standard InChI is InChI=1S/C18H24ClNS/c1-6-7-20-18(17-10-11(2)14(5)21-17)15-8-13(4)16(19)9-12(15)3/h8-10,18,20H,6-7H2,1-5H3. The number of nitrogens with one attached hydrogen (secondary N) is 1. The molecular formula is C18H24ClNS. The van der Waals surface area contributed by atoms with Crippen LogP contribution in [0.3, 0.4) is 0 Å². The highest BCUT2D eigenvalue weighted by Crippen LogP contribution is 2.34. The summed E-state index contributed by atoms with van der Waals surface area (Å²) in [6.07, 6.45) is 1.13. The lowest BCUT2D eigenvalue weighted by atomic mass is 9.97. The maximum Gasteiger partial charge on any atom is 0.0673 e. The first-order chi connectivity index (χ1) is 9.93. The van der Waals surface area contributed by atoms with Crippen molar-refractivity contribution in [3.63, 3.8) is 0 Å². The second-order valence-electron chi connectivity index (χ2n) is 5.73. The maximum absolute atomic E-state index is 6.25. The Morgan fingerprint density at radius 2 is 1.76 bits per heavy atom. The molecule has 0 amide bonds. The van der Waals surface area contributed by atoms with E-state index in [1.165, 1.54) is 26.4 Å². The number of halogens is 1. The second-order valence-corrected chi connectivity index (χ2v) is 7.43. The summed E-state index contributed by atoms with van der Waals surface area (Å²) in [5.74, 6) is 0. The van der Waals surface area contributed by atoms with E-state index in [4.69, 9.17) is 11.6 Å². The summed E-state index contributed by atoms with van der Waals surface area (Å²) in [7, 11) is 0. The first-order valence-electron chi connectivity index (χ1n) is 7.51. The van der Waals surface area contributed by atoms with Crippen molar-refractivity contribution in [1.82, 2.24) is 5.32 Å². The number of hydrogen-bond acceptors (Lipinski definition) is 2. The molecular weight excluding hydrogens is 298 g/mol. The average Bonchev–Trinajstić information content (AvgIpc) is 2.75. The molecule has 0 aliphatic heterocycles. The summed E-state index contributed by atoms with van der Waals surface area (Å²) >= 11 is 8.14. The number of benzene rings is 1. The van der Waals surface area contributed by atoms with Crippen molar-refractivity contribution in [3.05, 3.63) is 55.2 Å². The van der Waals surface area contributed by atoms with Crippen LogP contribution in [0.2, 0.25) is 5.02 Å². The fourth-order valence-corrected chi connectivity index (χ4v) is 3.87. The zero-order valence-corrected chi connectivity index (χ0v) is 15.1. The molecule has 0 fully saturated rings. The minimum Gasteiger partial charge on any atom is -0.306 e. The Hall–Kier alpha value is -0.830. The van der Waals surface area contributed by atoms with Crippen LogP contribution in [0.4, 0.5) is 0 Å². The van der Waals surface area contributed by atoms with Crippen molar-refractivity contribution in [3.8, 4) is 0 Å². The van der Waals surface area contributed by atoms with Gasteiger partial charge in [-0.05, 0) is 75.0 Å². The molecule has 1 atom stereocenters. The zero-order valence-electron chi connectivity index (χ0n) is 13.5. The highest BCUT2D eigenvalue weighted by molar-refractivity contribution is 7.12. The van der Waals surface area contributed by atoms with Crippen LogP contribution < -0.4 is 5.32 Å². The second kappa shape index (κ2) is 6.95. The van der Waals surface area contributed by atoms with Crippen molar-refractivity contribution in [2.75, 3.05) is 6.54 Å². The van der Waals surface area contributed by atoms with Gasteiger partial charge in [-0.25, -0.2) is 0 Å². The molecule has 1 aromatic carbocycles. The molecule has 1 heterocycles. The van der Waals surface area contributed by atoms with Crippen LogP contribution in [-0.4, -0.2) is 6.54 Å². The van der Waals surface area contributed by atoms with E-state index in [0.29, 0.717) is 0 Å². The maximum atomic E-state index is 6.25. The zero-order chi connectivity index (χ0) is 15.6. The van der Waals surface area contributed by atoms with Crippen molar-refractivity contribution >= 4 is 22.9 Å². The van der Waals surface area contributed by atoms with Crippen molar-refractivity contribution in [2.24, 2.45) is 0 Å². The molecule has 21 heavy (non-hydrogen) atoms. The number of aryl methyl sites for hydroxylation is 4. The average molecular weight is 322 g/mol. The van der Waals surface area contributed by atoms with Gasteiger partial charge in [0.05, 0.1) is 6.04 Å². The van der Waals surface area contributed by atoms with E-state index in [1.54, 1.807) is 0 Å². The van der Waals surface area contributed by atoms with Crippen LogP contribution >= 0.6 is 22.9 Å². The molecule has 1 N–H and O–H groups in total. The monoisotopic (exact) mass is 321 g/mol. The third kappa shape index (κ3) is 3.68. The van der Waals surface area contributed by atoms with Gasteiger partial charge >= 0.3 is 0 Å². The van der Waals surface area contributed by atoms with E-state index >= 15 is 0 Å². The predicted molar refractivity (Wildman–Crippen MR) is 94.9 cm³/mol. The SMILES string of the molecule is CCCNC(c1cc(C)c(C)s1)c1cc(C)c(Cl)cc1C. The van der Waals surface area contributed by atoms with Crippen LogP contribution in [0.1, 0.15) is 51.4 Å². The van der Waals surface area contributed by atoms with Crippen LogP contribution in [0.5, 0.6) is 0 Å². The molecule has 0 bridgehead atoms. The van der Waals surface area contributed by atoms with Crippen molar-refractivity contribution in [1.29, 1.82) is 0 Å². The topological polar surface area (TPSA) is 12.0 Å². The smallest absolute Gasteiger partial charge is 0.0673 e. The Kier molecular flexibility index (Phi) is 5.48. The van der Waals surface area contributed by atoms with Crippen molar-refractivity contribution < 1.29 is 0 Å². The lowest BCUT2D eigenvalue weighted by molar-refractivity contribution is 0.603. The quantitative estimate of drug-likeness (QED) is 0.742. The van der Waals surface area contributed by atoms with E-state index < -0.39 is 0 Å². The Labute approximate surface area is 137 Å². The van der Waals surface area contributed by atoms with Crippen LogP contribution in [0.15, 0.2) is 18.2 Å². The fraction of sp³-hybridized carbons (Fsp3) is 0.444. The summed E-state index contributed by atoms with van der Waals surface area (Å²) in [5.41, 5.74) is 5.11. The normalized spacial score (nSPS) is 12.7. The molecule has 0 saturated carbocycles. The molecule has 3 heteroatoms. The van der Waals surface area contributed by atoms with Gasteiger partial charge in [-0.1, -0.05) is 24.6 Å². The Bertz CT molecular complexity index is 611. The third-order valence-electron chi connectivity index (χ3n) is 3.93. The van der Waals surface area contributed by atoms with Gasteiger partial charge in [0.25, 0.3) is 0 Å². The molecule has 2 rings (SSSR count). The summed E-state index contributed by atoms with van der Waals surface area (Å²) in [4.78, 5) is 2.79. The third-order valence-corrected chi connectivity index (χ3v) is 5.55. The van der Waals surface area contributed by atoms with Gasteiger partial charge < -0.3 is 5.32 Å². The summed E-state index contributed by atoms with van der Waals surface area (Å²) < 4.78 is 0. The van der Waals surface area contributed by atoms with E-state index in [-0.39, 0.29) is 6.04 Å². The van der Waals surface area contributed by atoms with Crippen LogP contribution in [0.25, 0.3) is 0 Å². The van der Waals surface area contributed by atoms with Gasteiger partial charge in [-0.2, -0.15) is 0 Å². The van der Waals surface area contributed by atoms with Gasteiger partial charge in [0, 0.05) is 14.8 Å². The predicted octanol–water partition coefficient (Wildman–Crippen LogP) is 5.72. The van der Waals surface area contributed by atoms with Crippen LogP contribution in [-0.2, 0) is 0 Å². The Morgan fingerprint density at radius 1 is 1.05 bits per heavy atom.